The monoisotopic (exact) mass is 515 g/mol. The van der Waals surface area contributed by atoms with Crippen molar-refractivity contribution in [1.82, 2.24) is 0 Å². The average Bonchev–Trinajstić information content (AvgIpc) is 3.17. The first-order chi connectivity index (χ1) is 17.5. The van der Waals surface area contributed by atoms with Gasteiger partial charge in [-0.25, -0.2) is 9.59 Å². The van der Waals surface area contributed by atoms with Gasteiger partial charge in [0.25, 0.3) is 5.75 Å². The molecule has 6 nitrogen and oxygen atoms in total. The number of carbonyl (C=O) groups excluding carboxylic acids is 2. The van der Waals surface area contributed by atoms with Gasteiger partial charge in [-0.3, -0.25) is 0 Å². The van der Waals surface area contributed by atoms with E-state index in [1.807, 2.05) is 42.5 Å². The third kappa shape index (κ3) is 3.79. The largest absolute Gasteiger partial charge is 0.593 e. The second-order valence-corrected chi connectivity index (χ2v) is 10.5. The second kappa shape index (κ2) is 8.96. The highest BCUT2D eigenvalue weighted by Crippen LogP contribution is 2.57. The Morgan fingerprint density at radius 3 is 2.42 bits per heavy atom. The molecule has 0 aliphatic carbocycles. The van der Waals surface area contributed by atoms with E-state index in [0.29, 0.717) is 45.3 Å². The number of rotatable bonds is 4. The lowest BCUT2D eigenvalue weighted by Crippen LogP contribution is -2.32. The van der Waals surface area contributed by atoms with Gasteiger partial charge in [0.2, 0.25) is 0 Å². The van der Waals surface area contributed by atoms with E-state index in [1.165, 1.54) is 10.8 Å². The van der Waals surface area contributed by atoms with E-state index in [-0.39, 0.29) is 5.75 Å². The number of hydrogen-bond acceptors (Lipinski definition) is 7. The first-order valence-electron chi connectivity index (χ1n) is 11.1. The Balaban J connectivity index is 1.31. The normalized spacial score (nSPS) is 16.9. The molecule has 2 aliphatic heterocycles. The van der Waals surface area contributed by atoms with Crippen LogP contribution in [-0.4, -0.2) is 16.4 Å². The Labute approximate surface area is 214 Å². The van der Waals surface area contributed by atoms with Gasteiger partial charge in [0, 0.05) is 45.4 Å². The van der Waals surface area contributed by atoms with E-state index in [4.69, 9.17) is 19.3 Å². The Kier molecular flexibility index (Phi) is 5.62. The van der Waals surface area contributed by atoms with E-state index in [2.05, 4.69) is 0 Å². The molecule has 8 heteroatoms. The summed E-state index contributed by atoms with van der Waals surface area (Å²) in [6.07, 6.45) is 0. The predicted octanol–water partition coefficient (Wildman–Crippen LogP) is 6.77. The number of hydrogen-bond donors (Lipinski definition) is 0. The number of esters is 1. The predicted molar refractivity (Wildman–Crippen MR) is 139 cm³/mol. The first-order valence-corrected chi connectivity index (χ1v) is 13.4. The van der Waals surface area contributed by atoms with Gasteiger partial charge in [0.15, 0.2) is 5.60 Å². The topological polar surface area (TPSA) is 84.7 Å². The lowest BCUT2D eigenvalue weighted by molar-refractivity contribution is 0.0224. The summed E-state index contributed by atoms with van der Waals surface area (Å²) in [7, 11) is 2.42. The van der Waals surface area contributed by atoms with Gasteiger partial charge in [0.05, 0.1) is 11.6 Å². The van der Waals surface area contributed by atoms with Gasteiger partial charge in [-0.05, 0) is 29.8 Å². The molecule has 4 aromatic rings. The molecule has 0 fully saturated rings. The summed E-state index contributed by atoms with van der Waals surface area (Å²) in [6.45, 7) is 0. The van der Waals surface area contributed by atoms with Crippen LogP contribution in [0, 0.1) is 0 Å². The highest BCUT2D eigenvalue weighted by atomic mass is 33.1. The first kappa shape index (κ1) is 22.6. The van der Waals surface area contributed by atoms with Crippen LogP contribution in [0.15, 0.2) is 91.0 Å². The molecule has 2 aliphatic rings. The Hall–Kier alpha value is -3.88. The molecule has 1 atom stereocenters. The molecule has 0 bridgehead atoms. The van der Waals surface area contributed by atoms with Crippen LogP contribution in [0.1, 0.15) is 32.6 Å². The minimum atomic E-state index is -1.22. The van der Waals surface area contributed by atoms with Gasteiger partial charge in [0.1, 0.15) is 17.2 Å². The summed E-state index contributed by atoms with van der Waals surface area (Å²) in [5.74, 6) is 1.62. The van der Waals surface area contributed by atoms with Crippen molar-refractivity contribution < 1.29 is 28.9 Å². The molecule has 1 spiro atoms. The van der Waals surface area contributed by atoms with E-state index in [1.54, 1.807) is 48.5 Å². The molecule has 4 aromatic carbocycles. The number of fused-ring (bicyclic) bond motifs is 6. The molecular formula is C28H19O6S2+. The molecule has 2 N–H and O–H groups in total. The van der Waals surface area contributed by atoms with Gasteiger partial charge in [-0.1, -0.05) is 59.3 Å². The Morgan fingerprint density at radius 2 is 1.58 bits per heavy atom. The molecule has 2 heterocycles. The highest BCUT2D eigenvalue weighted by Gasteiger charge is 2.53. The van der Waals surface area contributed by atoms with Gasteiger partial charge < -0.3 is 19.3 Å². The van der Waals surface area contributed by atoms with Crippen molar-refractivity contribution in [3.05, 3.63) is 119 Å². The maximum absolute atomic E-state index is 12.9. The van der Waals surface area contributed by atoms with E-state index >= 15 is 0 Å². The van der Waals surface area contributed by atoms with Crippen LogP contribution in [0.3, 0.4) is 0 Å². The maximum Gasteiger partial charge on any atom is 0.383 e. The molecule has 36 heavy (non-hydrogen) atoms. The van der Waals surface area contributed by atoms with E-state index in [9.17, 15) is 9.59 Å². The molecule has 0 saturated carbocycles. The second-order valence-electron chi connectivity index (χ2n) is 8.27. The number of benzene rings is 4. The summed E-state index contributed by atoms with van der Waals surface area (Å²) >= 11 is 0. The van der Waals surface area contributed by atoms with Gasteiger partial charge in [-0.15, -0.1) is 0 Å². The van der Waals surface area contributed by atoms with Crippen molar-refractivity contribution in [3.8, 4) is 23.0 Å². The van der Waals surface area contributed by atoms with Crippen molar-refractivity contribution >= 4 is 32.9 Å². The minimum Gasteiger partial charge on any atom is -0.593 e. The molecule has 0 amide bonds. The van der Waals surface area contributed by atoms with Gasteiger partial charge >= 0.3 is 11.3 Å². The summed E-state index contributed by atoms with van der Waals surface area (Å²) in [4.78, 5) is 25.3. The standard InChI is InChI=1S/C28H18O6S2/c29-18-10-12-22-24(14-18)33-25-15-19(32-27(31)36-35-16-17-6-2-1-3-7-17)11-13-23(25)28(22)21-9-5-4-8-20(21)26(30)34-28/h1-15,29H,16H2/p+1. The van der Waals surface area contributed by atoms with Crippen LogP contribution in [0.2, 0.25) is 0 Å². The quantitative estimate of drug-likeness (QED) is 0.168. The third-order valence-electron chi connectivity index (χ3n) is 6.08. The zero-order valence-electron chi connectivity index (χ0n) is 18.7. The van der Waals surface area contributed by atoms with E-state index < -0.39 is 16.9 Å². The van der Waals surface area contributed by atoms with Crippen molar-refractivity contribution in [2.75, 3.05) is 0 Å². The summed E-state index contributed by atoms with van der Waals surface area (Å²) in [6, 6.07) is 27.2. The summed E-state index contributed by atoms with van der Waals surface area (Å²) in [5.41, 5.74) is 2.35. The molecule has 178 valence electrons. The Bertz CT molecular complexity index is 1500. The van der Waals surface area contributed by atoms with Crippen LogP contribution in [0.4, 0.5) is 4.79 Å². The molecular weight excluding hydrogens is 496 g/mol. The lowest BCUT2D eigenvalue weighted by Gasteiger charge is -2.36. The zero-order chi connectivity index (χ0) is 24.7. The molecule has 0 saturated heterocycles. The van der Waals surface area contributed by atoms with Crippen molar-refractivity contribution in [2.45, 2.75) is 11.4 Å². The maximum atomic E-state index is 12.9. The van der Waals surface area contributed by atoms with Crippen molar-refractivity contribution in [1.29, 1.82) is 0 Å². The number of carbonyl (C=O) groups is 2. The van der Waals surface area contributed by atoms with Crippen LogP contribution in [0.25, 0.3) is 0 Å². The molecule has 1 unspecified atom stereocenters. The highest BCUT2D eigenvalue weighted by molar-refractivity contribution is 8.81. The summed E-state index contributed by atoms with van der Waals surface area (Å²) < 4.78 is 17.8. The smallest absolute Gasteiger partial charge is 0.383 e. The Morgan fingerprint density at radius 1 is 0.861 bits per heavy atom. The van der Waals surface area contributed by atoms with Crippen LogP contribution >= 0.6 is 21.6 Å². The fourth-order valence-corrected chi connectivity index (χ4v) is 6.14. The summed E-state index contributed by atoms with van der Waals surface area (Å²) in [5, 5.41) is 7.61. The lowest BCUT2D eigenvalue weighted by atomic mass is 9.77. The third-order valence-corrected chi connectivity index (χ3v) is 7.99. The van der Waals surface area contributed by atoms with E-state index in [0.717, 1.165) is 16.4 Å². The SMILES string of the molecule is O=C(Oc1ccc2c(c1)Oc1cc([OH2+])ccc1C21OC(=O)c2ccccc21)SSCc1ccccc1. The average molecular weight is 516 g/mol. The van der Waals surface area contributed by atoms with Crippen molar-refractivity contribution in [3.63, 3.8) is 0 Å². The van der Waals surface area contributed by atoms with Crippen LogP contribution < -0.4 is 9.47 Å². The molecule has 6 rings (SSSR count). The van der Waals surface area contributed by atoms with Crippen molar-refractivity contribution in [2.24, 2.45) is 0 Å². The van der Waals surface area contributed by atoms with Crippen LogP contribution in [0.5, 0.6) is 23.0 Å². The fourth-order valence-electron chi connectivity index (χ4n) is 4.55. The van der Waals surface area contributed by atoms with Crippen LogP contribution in [-0.2, 0) is 16.1 Å². The minimum absolute atomic E-state index is 0.263. The number of ether oxygens (including phenoxy) is 3. The molecule has 0 aromatic heterocycles. The van der Waals surface area contributed by atoms with Gasteiger partial charge in [-0.2, -0.15) is 0 Å². The molecule has 0 radical (unpaired) electrons. The zero-order valence-corrected chi connectivity index (χ0v) is 20.4. The fraction of sp³-hybridized carbons (Fsp3) is 0.0714.